The van der Waals surface area contributed by atoms with Crippen LogP contribution in [0.2, 0.25) is 0 Å². The van der Waals surface area contributed by atoms with Gasteiger partial charge in [-0.3, -0.25) is 4.57 Å². The van der Waals surface area contributed by atoms with Crippen molar-refractivity contribution in [1.29, 1.82) is 0 Å². The standard InChI is InChI=1S/C40H49O3P/c1-37(2,3)24-17-19-28(31(21-24)39(7,8)9)35-33(44(41,42)43)23-30-26-15-13-14-16-27(26)34(30)36(35)29-20-18-25(38(4,5)6)22-32(29)40(10,11)12/h13-23H,1-12H3,(H2,41,42,43). The molecule has 44 heavy (non-hydrogen) atoms. The molecule has 232 valence electrons. The SMILES string of the molecule is CC(C)(C)c1ccc(-c2c(P(=O)(O)O)cc3c(c2-c2ccc(C(C)(C)C)cc2C(C)(C)C)-c2ccccc2-3)c(C(C)(C)C)c1. The van der Waals surface area contributed by atoms with Gasteiger partial charge in [-0.1, -0.05) is 144 Å². The summed E-state index contributed by atoms with van der Waals surface area (Å²) in [6.45, 7) is 26.5. The average molecular weight is 609 g/mol. The van der Waals surface area contributed by atoms with Crippen molar-refractivity contribution in [3.8, 4) is 44.5 Å². The molecule has 1 aliphatic carbocycles. The van der Waals surface area contributed by atoms with Crippen LogP contribution in [0, 0.1) is 0 Å². The summed E-state index contributed by atoms with van der Waals surface area (Å²) in [6.07, 6.45) is 0. The van der Waals surface area contributed by atoms with Crippen LogP contribution < -0.4 is 5.30 Å². The fourth-order valence-corrected chi connectivity index (χ4v) is 7.33. The minimum atomic E-state index is -4.70. The van der Waals surface area contributed by atoms with Gasteiger partial charge in [-0.2, -0.15) is 0 Å². The molecule has 0 bridgehead atoms. The Morgan fingerprint density at radius 3 is 1.30 bits per heavy atom. The quantitative estimate of drug-likeness (QED) is 0.200. The first-order chi connectivity index (χ1) is 20.0. The Bertz CT molecular complexity index is 1830. The molecule has 5 rings (SSSR count). The molecule has 0 atom stereocenters. The number of benzene rings is 4. The van der Waals surface area contributed by atoms with Gasteiger partial charge >= 0.3 is 7.60 Å². The number of hydrogen-bond acceptors (Lipinski definition) is 1. The van der Waals surface area contributed by atoms with E-state index in [-0.39, 0.29) is 27.0 Å². The van der Waals surface area contributed by atoms with Gasteiger partial charge in [0.25, 0.3) is 0 Å². The fourth-order valence-electron chi connectivity index (χ4n) is 6.50. The molecule has 0 aromatic heterocycles. The van der Waals surface area contributed by atoms with Gasteiger partial charge in [-0.15, -0.1) is 0 Å². The number of fused-ring (bicyclic) bond motifs is 4. The van der Waals surface area contributed by atoms with Gasteiger partial charge in [0, 0.05) is 5.56 Å². The van der Waals surface area contributed by atoms with Gasteiger partial charge < -0.3 is 9.79 Å². The molecular formula is C40H49O3P. The summed E-state index contributed by atoms with van der Waals surface area (Å²) >= 11 is 0. The first-order valence-electron chi connectivity index (χ1n) is 15.7. The molecule has 3 nitrogen and oxygen atoms in total. The maximum absolute atomic E-state index is 13.6. The van der Waals surface area contributed by atoms with Gasteiger partial charge in [0.1, 0.15) is 0 Å². The maximum Gasteiger partial charge on any atom is 0.356 e. The van der Waals surface area contributed by atoms with Gasteiger partial charge in [0.05, 0.1) is 5.30 Å². The van der Waals surface area contributed by atoms with E-state index in [0.717, 1.165) is 44.5 Å². The lowest BCUT2D eigenvalue weighted by molar-refractivity contribution is 0.387. The first-order valence-corrected chi connectivity index (χ1v) is 17.3. The molecule has 4 aromatic carbocycles. The predicted molar refractivity (Wildman–Crippen MR) is 188 cm³/mol. The molecule has 0 amide bonds. The van der Waals surface area contributed by atoms with E-state index in [1.165, 1.54) is 16.7 Å². The number of rotatable bonds is 3. The summed E-state index contributed by atoms with van der Waals surface area (Å²) in [5.41, 5.74) is 11.7. The van der Waals surface area contributed by atoms with Crippen LogP contribution in [0.25, 0.3) is 44.5 Å². The fraction of sp³-hybridized carbons (Fsp3) is 0.400. The second kappa shape index (κ2) is 10.3. The molecule has 0 spiro atoms. The minimum Gasteiger partial charge on any atom is -0.321 e. The zero-order valence-corrected chi connectivity index (χ0v) is 29.5. The summed E-state index contributed by atoms with van der Waals surface area (Å²) < 4.78 is 13.6. The van der Waals surface area contributed by atoms with Crippen molar-refractivity contribution in [1.82, 2.24) is 0 Å². The lowest BCUT2D eigenvalue weighted by atomic mass is 9.69. The molecule has 0 aliphatic heterocycles. The molecule has 2 N–H and O–H groups in total. The van der Waals surface area contributed by atoms with Crippen LogP contribution in [-0.4, -0.2) is 9.79 Å². The Hall–Kier alpha value is -2.97. The molecule has 0 fully saturated rings. The molecule has 4 heteroatoms. The molecule has 0 heterocycles. The molecule has 0 saturated carbocycles. The van der Waals surface area contributed by atoms with Gasteiger partial charge in [0.2, 0.25) is 0 Å². The summed E-state index contributed by atoms with van der Waals surface area (Å²) in [5.74, 6) is 0. The van der Waals surface area contributed by atoms with Crippen molar-refractivity contribution in [2.24, 2.45) is 0 Å². The van der Waals surface area contributed by atoms with Crippen LogP contribution in [0.4, 0.5) is 0 Å². The van der Waals surface area contributed by atoms with E-state index in [2.05, 4.69) is 132 Å². The second-order valence-electron chi connectivity index (χ2n) is 16.7. The minimum absolute atomic E-state index is 0.0467. The zero-order chi connectivity index (χ0) is 32.8. The van der Waals surface area contributed by atoms with Gasteiger partial charge in [-0.05, 0) is 88.9 Å². The third-order valence-corrected chi connectivity index (χ3v) is 10.0. The Morgan fingerprint density at radius 2 is 0.886 bits per heavy atom. The molecule has 1 aliphatic rings. The molecule has 0 unspecified atom stereocenters. The summed E-state index contributed by atoms with van der Waals surface area (Å²) in [7, 11) is -4.70. The Morgan fingerprint density at radius 1 is 0.455 bits per heavy atom. The Balaban J connectivity index is 2.03. The smallest absolute Gasteiger partial charge is 0.321 e. The Kier molecular flexibility index (Phi) is 7.57. The third-order valence-electron chi connectivity index (χ3n) is 9.03. The van der Waals surface area contributed by atoms with Crippen LogP contribution in [0.1, 0.15) is 105 Å². The maximum atomic E-state index is 13.6. The second-order valence-corrected chi connectivity index (χ2v) is 18.2. The molecule has 0 radical (unpaired) electrons. The van der Waals surface area contributed by atoms with Gasteiger partial charge in [0.15, 0.2) is 0 Å². The predicted octanol–water partition coefficient (Wildman–Crippen LogP) is 10.7. The van der Waals surface area contributed by atoms with E-state index >= 15 is 0 Å². The number of hydrogen-bond donors (Lipinski definition) is 2. The topological polar surface area (TPSA) is 57.5 Å². The van der Waals surface area contributed by atoms with Crippen molar-refractivity contribution in [2.75, 3.05) is 0 Å². The monoisotopic (exact) mass is 608 g/mol. The lowest BCUT2D eigenvalue weighted by Crippen LogP contribution is -2.22. The summed E-state index contributed by atoms with van der Waals surface area (Å²) in [5, 5.41) is 0.0921. The summed E-state index contributed by atoms with van der Waals surface area (Å²) in [6, 6.07) is 23.2. The van der Waals surface area contributed by atoms with Crippen LogP contribution in [0.5, 0.6) is 0 Å². The van der Waals surface area contributed by atoms with Crippen LogP contribution in [0.3, 0.4) is 0 Å². The van der Waals surface area contributed by atoms with Crippen molar-refractivity contribution >= 4 is 12.9 Å². The van der Waals surface area contributed by atoms with Crippen molar-refractivity contribution in [3.05, 3.63) is 89.0 Å². The first kappa shape index (κ1) is 32.4. The highest BCUT2D eigenvalue weighted by atomic mass is 31.2. The van der Waals surface area contributed by atoms with E-state index in [9.17, 15) is 14.4 Å². The summed E-state index contributed by atoms with van der Waals surface area (Å²) in [4.78, 5) is 22.1. The highest BCUT2D eigenvalue weighted by Gasteiger charge is 2.38. The van der Waals surface area contributed by atoms with E-state index in [1.54, 1.807) is 6.07 Å². The molecule has 0 saturated heterocycles. The van der Waals surface area contributed by atoms with Gasteiger partial charge in [-0.25, -0.2) is 0 Å². The largest absolute Gasteiger partial charge is 0.356 e. The highest BCUT2D eigenvalue weighted by molar-refractivity contribution is 7.60. The zero-order valence-electron chi connectivity index (χ0n) is 28.6. The molecule has 4 aromatic rings. The third kappa shape index (κ3) is 5.64. The normalized spacial score (nSPS) is 13.8. The van der Waals surface area contributed by atoms with E-state index < -0.39 is 7.60 Å². The van der Waals surface area contributed by atoms with Crippen LogP contribution in [-0.2, 0) is 26.2 Å². The van der Waals surface area contributed by atoms with Crippen molar-refractivity contribution in [3.63, 3.8) is 0 Å². The molecular weight excluding hydrogens is 559 g/mol. The van der Waals surface area contributed by atoms with Crippen LogP contribution >= 0.6 is 7.60 Å². The average Bonchev–Trinajstić information content (AvgIpc) is 2.87. The van der Waals surface area contributed by atoms with E-state index in [0.29, 0.717) is 5.56 Å². The van der Waals surface area contributed by atoms with Crippen LogP contribution in [0.15, 0.2) is 66.7 Å². The lowest BCUT2D eigenvalue weighted by Gasteiger charge is -2.35. The van der Waals surface area contributed by atoms with Crippen molar-refractivity contribution < 1.29 is 14.4 Å². The Labute approximate surface area is 264 Å². The van der Waals surface area contributed by atoms with E-state index in [1.807, 2.05) is 12.1 Å². The van der Waals surface area contributed by atoms with Crippen molar-refractivity contribution in [2.45, 2.75) is 105 Å². The van der Waals surface area contributed by atoms with E-state index in [4.69, 9.17) is 0 Å². The highest BCUT2D eigenvalue weighted by Crippen LogP contribution is 2.58.